The van der Waals surface area contributed by atoms with Crippen molar-refractivity contribution in [2.75, 3.05) is 0 Å². The molecule has 0 radical (unpaired) electrons. The molecule has 1 aliphatic rings. The van der Waals surface area contributed by atoms with Gasteiger partial charge in [0.1, 0.15) is 0 Å². The van der Waals surface area contributed by atoms with Gasteiger partial charge in [0.05, 0.1) is 0 Å². The summed E-state index contributed by atoms with van der Waals surface area (Å²) in [5.74, 6) is 0.999. The van der Waals surface area contributed by atoms with E-state index in [0.29, 0.717) is 6.04 Å². The van der Waals surface area contributed by atoms with Crippen molar-refractivity contribution in [3.63, 3.8) is 0 Å². The summed E-state index contributed by atoms with van der Waals surface area (Å²) in [7, 11) is 0. The smallest absolute Gasteiger partial charge is 0.0322 e. The highest BCUT2D eigenvalue weighted by atomic mass is 15.0. The van der Waals surface area contributed by atoms with E-state index in [1.165, 1.54) is 63.4 Å². The first-order chi connectivity index (χ1) is 10.3. The molecule has 0 aliphatic heterocycles. The van der Waals surface area contributed by atoms with Crippen molar-refractivity contribution >= 4 is 0 Å². The quantitative estimate of drug-likeness (QED) is 0.631. The zero-order chi connectivity index (χ0) is 14.9. The van der Waals surface area contributed by atoms with Crippen LogP contribution in [0.15, 0.2) is 30.3 Å². The summed E-state index contributed by atoms with van der Waals surface area (Å²) >= 11 is 0. The SMILES string of the molecule is CCCCC(NC1CCC(CCC)CC1)c1ccccc1. The van der Waals surface area contributed by atoms with Gasteiger partial charge in [-0.3, -0.25) is 0 Å². The second kappa shape index (κ2) is 9.25. The summed E-state index contributed by atoms with van der Waals surface area (Å²) in [4.78, 5) is 0. The van der Waals surface area contributed by atoms with Gasteiger partial charge in [0.25, 0.3) is 0 Å². The number of rotatable bonds is 8. The van der Waals surface area contributed by atoms with Gasteiger partial charge in [0, 0.05) is 12.1 Å². The predicted octanol–water partition coefficient (Wildman–Crippen LogP) is 5.87. The standard InChI is InChI=1S/C20H33N/c1-3-5-12-20(18-10-7-6-8-11-18)21-19-15-13-17(9-4-2)14-16-19/h6-8,10-11,17,19-21H,3-5,9,12-16H2,1-2H3. The summed E-state index contributed by atoms with van der Waals surface area (Å²) in [6.07, 6.45) is 12.3. The first-order valence-corrected chi connectivity index (χ1v) is 9.14. The van der Waals surface area contributed by atoms with Crippen molar-refractivity contribution in [3.05, 3.63) is 35.9 Å². The first kappa shape index (κ1) is 16.5. The van der Waals surface area contributed by atoms with E-state index in [9.17, 15) is 0 Å². The summed E-state index contributed by atoms with van der Waals surface area (Å²) in [5, 5.41) is 3.97. The summed E-state index contributed by atoms with van der Waals surface area (Å²) in [6.45, 7) is 4.61. The van der Waals surface area contributed by atoms with Crippen LogP contribution in [0.2, 0.25) is 0 Å². The van der Waals surface area contributed by atoms with E-state index in [2.05, 4.69) is 49.5 Å². The van der Waals surface area contributed by atoms with E-state index in [1.54, 1.807) is 0 Å². The number of unbranched alkanes of at least 4 members (excludes halogenated alkanes) is 1. The molecule has 1 aromatic rings. The Hall–Kier alpha value is -0.820. The van der Waals surface area contributed by atoms with E-state index < -0.39 is 0 Å². The Bertz CT molecular complexity index is 365. The van der Waals surface area contributed by atoms with E-state index in [1.807, 2.05) is 0 Å². The van der Waals surface area contributed by atoms with Crippen LogP contribution in [0.5, 0.6) is 0 Å². The highest BCUT2D eigenvalue weighted by molar-refractivity contribution is 5.19. The average molecular weight is 287 g/mol. The second-order valence-electron chi connectivity index (χ2n) is 6.78. The van der Waals surface area contributed by atoms with Crippen LogP contribution < -0.4 is 5.32 Å². The molecule has 1 aromatic carbocycles. The second-order valence-corrected chi connectivity index (χ2v) is 6.78. The van der Waals surface area contributed by atoms with E-state index in [0.717, 1.165) is 12.0 Å². The van der Waals surface area contributed by atoms with E-state index in [-0.39, 0.29) is 0 Å². The maximum Gasteiger partial charge on any atom is 0.0322 e. The van der Waals surface area contributed by atoms with Gasteiger partial charge >= 0.3 is 0 Å². The molecule has 118 valence electrons. The van der Waals surface area contributed by atoms with Crippen LogP contribution in [-0.4, -0.2) is 6.04 Å². The molecule has 1 heteroatoms. The maximum atomic E-state index is 3.97. The summed E-state index contributed by atoms with van der Waals surface area (Å²) in [6, 6.07) is 12.3. The lowest BCUT2D eigenvalue weighted by Crippen LogP contribution is -2.36. The lowest BCUT2D eigenvalue weighted by atomic mass is 9.83. The van der Waals surface area contributed by atoms with Gasteiger partial charge in [-0.05, 0) is 43.6 Å². The molecule has 1 aliphatic carbocycles. The monoisotopic (exact) mass is 287 g/mol. The van der Waals surface area contributed by atoms with Crippen LogP contribution >= 0.6 is 0 Å². The van der Waals surface area contributed by atoms with Crippen molar-refractivity contribution < 1.29 is 0 Å². The lowest BCUT2D eigenvalue weighted by molar-refractivity contribution is 0.258. The molecule has 0 aromatic heterocycles. The molecule has 1 fully saturated rings. The third kappa shape index (κ3) is 5.47. The van der Waals surface area contributed by atoms with Crippen molar-refractivity contribution in [2.45, 2.75) is 83.7 Å². The van der Waals surface area contributed by atoms with Crippen LogP contribution in [-0.2, 0) is 0 Å². The third-order valence-electron chi connectivity index (χ3n) is 5.03. The molecule has 21 heavy (non-hydrogen) atoms. The Morgan fingerprint density at radius 3 is 2.33 bits per heavy atom. The van der Waals surface area contributed by atoms with Crippen LogP contribution in [0.1, 0.15) is 83.2 Å². The van der Waals surface area contributed by atoms with Crippen molar-refractivity contribution in [1.82, 2.24) is 5.32 Å². The molecule has 0 saturated heterocycles. The lowest BCUT2D eigenvalue weighted by Gasteiger charge is -2.32. The Morgan fingerprint density at radius 1 is 1.00 bits per heavy atom. The number of nitrogens with one attached hydrogen (secondary N) is 1. The molecule has 1 unspecified atom stereocenters. The van der Waals surface area contributed by atoms with Crippen LogP contribution in [0.4, 0.5) is 0 Å². The van der Waals surface area contributed by atoms with Crippen molar-refractivity contribution in [3.8, 4) is 0 Å². The van der Waals surface area contributed by atoms with Crippen molar-refractivity contribution in [1.29, 1.82) is 0 Å². The van der Waals surface area contributed by atoms with Gasteiger partial charge in [-0.2, -0.15) is 0 Å². The number of hydrogen-bond donors (Lipinski definition) is 1. The summed E-state index contributed by atoms with van der Waals surface area (Å²) < 4.78 is 0. The minimum Gasteiger partial charge on any atom is -0.307 e. The maximum absolute atomic E-state index is 3.97. The molecule has 1 N–H and O–H groups in total. The van der Waals surface area contributed by atoms with E-state index in [4.69, 9.17) is 0 Å². The van der Waals surface area contributed by atoms with Gasteiger partial charge in [0.2, 0.25) is 0 Å². The highest BCUT2D eigenvalue weighted by Gasteiger charge is 2.23. The van der Waals surface area contributed by atoms with Crippen LogP contribution in [0.3, 0.4) is 0 Å². The Labute approximate surface area is 131 Å². The molecular weight excluding hydrogens is 254 g/mol. The summed E-state index contributed by atoms with van der Waals surface area (Å²) in [5.41, 5.74) is 1.47. The number of benzene rings is 1. The fourth-order valence-corrected chi connectivity index (χ4v) is 3.75. The van der Waals surface area contributed by atoms with Gasteiger partial charge in [-0.15, -0.1) is 0 Å². The molecule has 0 heterocycles. The molecule has 2 rings (SSSR count). The van der Waals surface area contributed by atoms with Gasteiger partial charge in [-0.1, -0.05) is 69.9 Å². The first-order valence-electron chi connectivity index (χ1n) is 9.14. The van der Waals surface area contributed by atoms with Gasteiger partial charge in [0.15, 0.2) is 0 Å². The van der Waals surface area contributed by atoms with Gasteiger partial charge < -0.3 is 5.32 Å². The van der Waals surface area contributed by atoms with E-state index >= 15 is 0 Å². The zero-order valence-corrected chi connectivity index (χ0v) is 14.0. The molecule has 1 atom stereocenters. The molecule has 1 nitrogen and oxygen atoms in total. The molecule has 0 spiro atoms. The Balaban J connectivity index is 1.87. The zero-order valence-electron chi connectivity index (χ0n) is 14.0. The largest absolute Gasteiger partial charge is 0.307 e. The van der Waals surface area contributed by atoms with Crippen molar-refractivity contribution in [2.24, 2.45) is 5.92 Å². The third-order valence-corrected chi connectivity index (χ3v) is 5.03. The fraction of sp³-hybridized carbons (Fsp3) is 0.700. The molecular formula is C20H33N. The average Bonchev–Trinajstić information content (AvgIpc) is 2.54. The predicted molar refractivity (Wildman–Crippen MR) is 92.5 cm³/mol. The molecule has 0 amide bonds. The molecule has 0 bridgehead atoms. The van der Waals surface area contributed by atoms with Gasteiger partial charge in [-0.25, -0.2) is 0 Å². The minimum absolute atomic E-state index is 0.555. The number of hydrogen-bond acceptors (Lipinski definition) is 1. The molecule has 1 saturated carbocycles. The Morgan fingerprint density at radius 2 is 1.71 bits per heavy atom. The highest BCUT2D eigenvalue weighted by Crippen LogP contribution is 2.30. The normalized spacial score (nSPS) is 23.9. The minimum atomic E-state index is 0.555. The van der Waals surface area contributed by atoms with Crippen LogP contribution in [0, 0.1) is 5.92 Å². The topological polar surface area (TPSA) is 12.0 Å². The Kier molecular flexibility index (Phi) is 7.29. The van der Waals surface area contributed by atoms with Crippen LogP contribution in [0.25, 0.3) is 0 Å². The fourth-order valence-electron chi connectivity index (χ4n) is 3.75.